The van der Waals surface area contributed by atoms with Crippen LogP contribution < -0.4 is 5.32 Å². The van der Waals surface area contributed by atoms with Crippen LogP contribution in [0, 0.1) is 0 Å². The molecule has 0 unspecified atom stereocenters. The fourth-order valence-electron chi connectivity index (χ4n) is 3.61. The highest BCUT2D eigenvalue weighted by atomic mass is 16.2. The largest absolute Gasteiger partial charge is 0.329 e. The zero-order valence-electron chi connectivity index (χ0n) is 14.8. The van der Waals surface area contributed by atoms with Gasteiger partial charge in [0.05, 0.1) is 23.9 Å². The summed E-state index contributed by atoms with van der Waals surface area (Å²) in [5.74, 6) is -0.0585. The Bertz CT molecular complexity index is 908. The molecule has 0 saturated carbocycles. The van der Waals surface area contributed by atoms with E-state index in [2.05, 4.69) is 16.9 Å². The van der Waals surface area contributed by atoms with Crippen molar-refractivity contribution in [3.8, 4) is 0 Å². The fraction of sp³-hybridized carbons (Fsp3) is 0.190. The molecule has 1 N–H and O–H groups in total. The number of rotatable bonds is 5. The molecule has 0 aliphatic carbocycles. The number of urea groups is 1. The second-order valence-electron chi connectivity index (χ2n) is 6.58. The number of carbonyl (C=O) groups excluding carboxylic acids is 2. The van der Waals surface area contributed by atoms with Crippen molar-refractivity contribution in [2.75, 3.05) is 13.1 Å². The van der Waals surface area contributed by atoms with Gasteiger partial charge in [0, 0.05) is 25.5 Å². The van der Waals surface area contributed by atoms with E-state index in [1.807, 2.05) is 42.5 Å². The maximum Gasteiger partial charge on any atom is 0.322 e. The lowest BCUT2D eigenvalue weighted by Gasteiger charge is -2.33. The molecule has 1 aromatic heterocycles. The summed E-state index contributed by atoms with van der Waals surface area (Å²) in [6.45, 7) is 4.95. The SMILES string of the molecule is C=CCN1C(=O)N[C@@H](c2ccccc2)C2=C1CN(Cc1cccnc1)C2=O. The molecule has 0 spiro atoms. The third-order valence-corrected chi connectivity index (χ3v) is 4.84. The Hall–Kier alpha value is -3.41. The number of nitrogens with one attached hydrogen (secondary N) is 1. The lowest BCUT2D eigenvalue weighted by molar-refractivity contribution is -0.126. The average molecular weight is 360 g/mol. The van der Waals surface area contributed by atoms with Crippen molar-refractivity contribution in [3.05, 3.63) is 89.9 Å². The lowest BCUT2D eigenvalue weighted by atomic mass is 9.95. The van der Waals surface area contributed by atoms with Crippen molar-refractivity contribution >= 4 is 11.9 Å². The number of carbonyl (C=O) groups is 2. The maximum atomic E-state index is 13.2. The van der Waals surface area contributed by atoms with E-state index in [9.17, 15) is 9.59 Å². The van der Waals surface area contributed by atoms with Crippen LogP contribution in [0.1, 0.15) is 17.2 Å². The minimum absolute atomic E-state index is 0.0585. The average Bonchev–Trinajstić information content (AvgIpc) is 3.02. The van der Waals surface area contributed by atoms with E-state index < -0.39 is 6.04 Å². The molecular weight excluding hydrogens is 340 g/mol. The summed E-state index contributed by atoms with van der Waals surface area (Å²) < 4.78 is 0. The molecule has 4 rings (SSSR count). The Balaban J connectivity index is 1.70. The molecule has 3 heterocycles. The van der Waals surface area contributed by atoms with Crippen molar-refractivity contribution in [2.45, 2.75) is 12.6 Å². The van der Waals surface area contributed by atoms with Gasteiger partial charge < -0.3 is 10.2 Å². The quantitative estimate of drug-likeness (QED) is 0.834. The van der Waals surface area contributed by atoms with Gasteiger partial charge in [0.2, 0.25) is 0 Å². The molecule has 0 bridgehead atoms. The van der Waals surface area contributed by atoms with Crippen molar-refractivity contribution in [1.82, 2.24) is 20.1 Å². The van der Waals surface area contributed by atoms with Crippen molar-refractivity contribution < 1.29 is 9.59 Å². The van der Waals surface area contributed by atoms with Crippen LogP contribution in [0.25, 0.3) is 0 Å². The van der Waals surface area contributed by atoms with Crippen LogP contribution in [0.2, 0.25) is 0 Å². The van der Waals surface area contributed by atoms with Gasteiger partial charge in [-0.2, -0.15) is 0 Å². The monoisotopic (exact) mass is 360 g/mol. The summed E-state index contributed by atoms with van der Waals surface area (Å²) in [7, 11) is 0. The minimum atomic E-state index is -0.443. The molecule has 0 saturated heterocycles. The minimum Gasteiger partial charge on any atom is -0.329 e. The second-order valence-corrected chi connectivity index (χ2v) is 6.58. The Morgan fingerprint density at radius 3 is 2.70 bits per heavy atom. The van der Waals surface area contributed by atoms with Gasteiger partial charge in [-0.1, -0.05) is 42.5 Å². The van der Waals surface area contributed by atoms with Crippen LogP contribution in [0.15, 0.2) is 78.8 Å². The Morgan fingerprint density at radius 2 is 2.00 bits per heavy atom. The van der Waals surface area contributed by atoms with Gasteiger partial charge >= 0.3 is 6.03 Å². The van der Waals surface area contributed by atoms with Crippen LogP contribution in [0.3, 0.4) is 0 Å². The van der Waals surface area contributed by atoms with Crippen LogP contribution in [0.4, 0.5) is 4.79 Å². The molecule has 27 heavy (non-hydrogen) atoms. The van der Waals surface area contributed by atoms with E-state index in [0.717, 1.165) is 16.8 Å². The third-order valence-electron chi connectivity index (χ3n) is 4.84. The number of pyridine rings is 1. The summed E-state index contributed by atoms with van der Waals surface area (Å²) in [6, 6.07) is 12.7. The molecule has 2 aliphatic rings. The summed E-state index contributed by atoms with van der Waals surface area (Å²) in [4.78, 5) is 33.4. The summed E-state index contributed by atoms with van der Waals surface area (Å²) in [5, 5.41) is 2.98. The Morgan fingerprint density at radius 1 is 1.19 bits per heavy atom. The van der Waals surface area contributed by atoms with Gasteiger partial charge in [-0.25, -0.2) is 4.79 Å². The maximum absolute atomic E-state index is 13.2. The van der Waals surface area contributed by atoms with Gasteiger partial charge in [0.25, 0.3) is 5.91 Å². The highest BCUT2D eigenvalue weighted by Gasteiger charge is 2.43. The first-order valence-corrected chi connectivity index (χ1v) is 8.84. The predicted molar refractivity (Wildman–Crippen MR) is 101 cm³/mol. The number of benzene rings is 1. The summed E-state index contributed by atoms with van der Waals surface area (Å²) >= 11 is 0. The van der Waals surface area contributed by atoms with Crippen LogP contribution in [-0.2, 0) is 11.3 Å². The number of amides is 3. The van der Waals surface area contributed by atoms with E-state index in [1.54, 1.807) is 28.3 Å². The van der Waals surface area contributed by atoms with Crippen molar-refractivity contribution in [3.63, 3.8) is 0 Å². The number of aromatic nitrogens is 1. The zero-order valence-corrected chi connectivity index (χ0v) is 14.8. The van der Waals surface area contributed by atoms with E-state index in [4.69, 9.17) is 0 Å². The summed E-state index contributed by atoms with van der Waals surface area (Å²) in [5.41, 5.74) is 3.23. The molecule has 0 radical (unpaired) electrons. The highest BCUT2D eigenvalue weighted by molar-refractivity contribution is 6.01. The first-order valence-electron chi connectivity index (χ1n) is 8.84. The summed E-state index contributed by atoms with van der Waals surface area (Å²) in [6.07, 6.45) is 5.13. The number of hydrogen-bond donors (Lipinski definition) is 1. The Kier molecular flexibility index (Phi) is 4.46. The molecular formula is C21H20N4O2. The molecule has 2 aliphatic heterocycles. The van der Waals surface area contributed by atoms with Gasteiger partial charge in [0.1, 0.15) is 0 Å². The predicted octanol–water partition coefficient (Wildman–Crippen LogP) is 2.63. The molecule has 136 valence electrons. The lowest BCUT2D eigenvalue weighted by Crippen LogP contribution is -2.47. The van der Waals surface area contributed by atoms with Gasteiger partial charge in [-0.15, -0.1) is 6.58 Å². The normalized spacial score (nSPS) is 19.2. The third kappa shape index (κ3) is 3.10. The van der Waals surface area contributed by atoms with E-state index >= 15 is 0 Å². The highest BCUT2D eigenvalue weighted by Crippen LogP contribution is 2.36. The molecule has 6 nitrogen and oxygen atoms in total. The smallest absolute Gasteiger partial charge is 0.322 e. The fourth-order valence-corrected chi connectivity index (χ4v) is 3.61. The van der Waals surface area contributed by atoms with Crippen molar-refractivity contribution in [1.29, 1.82) is 0 Å². The second kappa shape index (κ2) is 7.07. The number of nitrogens with zero attached hydrogens (tertiary/aromatic N) is 3. The van der Waals surface area contributed by atoms with Gasteiger partial charge in [-0.3, -0.25) is 14.7 Å². The molecule has 1 atom stereocenters. The van der Waals surface area contributed by atoms with Crippen LogP contribution >= 0.6 is 0 Å². The molecule has 3 amide bonds. The van der Waals surface area contributed by atoms with Crippen LogP contribution in [-0.4, -0.2) is 39.8 Å². The van der Waals surface area contributed by atoms with E-state index in [0.29, 0.717) is 25.2 Å². The molecule has 2 aromatic rings. The van der Waals surface area contributed by atoms with Crippen LogP contribution in [0.5, 0.6) is 0 Å². The van der Waals surface area contributed by atoms with Gasteiger partial charge in [-0.05, 0) is 17.2 Å². The standard InChI is InChI=1S/C21H20N4O2/c1-2-11-25-17-14-24(13-15-7-6-10-22-12-15)20(26)18(17)19(23-21(25)27)16-8-4-3-5-9-16/h2-10,12,19H,1,11,13-14H2,(H,23,27)/t19-/m0/s1. The number of hydrogen-bond acceptors (Lipinski definition) is 3. The Labute approximate surface area is 157 Å². The molecule has 1 aromatic carbocycles. The molecule has 0 fully saturated rings. The first kappa shape index (κ1) is 17.0. The first-order chi connectivity index (χ1) is 13.2. The van der Waals surface area contributed by atoms with Crippen molar-refractivity contribution in [2.24, 2.45) is 0 Å². The topological polar surface area (TPSA) is 65.5 Å². The van der Waals surface area contributed by atoms with E-state index in [1.165, 1.54) is 0 Å². The molecule has 6 heteroatoms. The zero-order chi connectivity index (χ0) is 18.8. The van der Waals surface area contributed by atoms with Gasteiger partial charge in [0.15, 0.2) is 0 Å². The van der Waals surface area contributed by atoms with E-state index in [-0.39, 0.29) is 11.9 Å².